The second-order valence-corrected chi connectivity index (χ2v) is 12.2. The fourth-order valence-corrected chi connectivity index (χ4v) is 9.14. The molecule has 180 valence electrons. The highest BCUT2D eigenvalue weighted by Crippen LogP contribution is 2.72. The lowest BCUT2D eigenvalue weighted by Crippen LogP contribution is -2.63. The van der Waals surface area contributed by atoms with Gasteiger partial charge in [-0.05, 0) is 94.1 Å². The van der Waals surface area contributed by atoms with Gasteiger partial charge in [0.25, 0.3) is 0 Å². The molecule has 1 saturated heterocycles. The summed E-state index contributed by atoms with van der Waals surface area (Å²) in [4.78, 5) is 25.5. The third-order valence-electron chi connectivity index (χ3n) is 11.2. The number of ketones is 1. The first-order valence-electron chi connectivity index (χ1n) is 12.7. The number of allylic oxidation sites excluding steroid dienone is 1. The van der Waals surface area contributed by atoms with Crippen molar-refractivity contribution in [3.8, 4) is 0 Å². The van der Waals surface area contributed by atoms with Crippen LogP contribution in [0.3, 0.4) is 0 Å². The highest BCUT2D eigenvalue weighted by atomic mass is 16.6. The van der Waals surface area contributed by atoms with Crippen LogP contribution >= 0.6 is 0 Å². The summed E-state index contributed by atoms with van der Waals surface area (Å²) in [5.74, 6) is 0.763. The number of hydrogen-bond donors (Lipinski definition) is 2. The van der Waals surface area contributed by atoms with E-state index in [4.69, 9.17) is 9.47 Å². The third-order valence-corrected chi connectivity index (χ3v) is 11.2. The minimum atomic E-state index is -0.747. The fourth-order valence-electron chi connectivity index (χ4n) is 9.14. The predicted molar refractivity (Wildman–Crippen MR) is 120 cm³/mol. The number of carbonyl (C=O) groups excluding carboxylic acids is 2. The van der Waals surface area contributed by atoms with Crippen LogP contribution in [0.5, 0.6) is 0 Å². The molecule has 0 aromatic rings. The van der Waals surface area contributed by atoms with Gasteiger partial charge in [-0.25, -0.2) is 4.79 Å². The number of aliphatic hydroxyl groups excluding tert-OH is 2. The fraction of sp³-hybridized carbons (Fsp3) is 0.778. The van der Waals surface area contributed by atoms with Gasteiger partial charge in [0.2, 0.25) is 0 Å². The van der Waals surface area contributed by atoms with Crippen molar-refractivity contribution in [2.75, 3.05) is 0 Å². The molecule has 0 aromatic heterocycles. The van der Waals surface area contributed by atoms with Gasteiger partial charge in [0, 0.05) is 12.0 Å². The normalized spacial score (nSPS) is 53.6. The summed E-state index contributed by atoms with van der Waals surface area (Å²) in [5.41, 5.74) is 0.165. The van der Waals surface area contributed by atoms with Gasteiger partial charge < -0.3 is 19.7 Å². The minimum Gasteiger partial charge on any atom is -0.456 e. The van der Waals surface area contributed by atoms with Crippen molar-refractivity contribution in [3.63, 3.8) is 0 Å². The molecule has 0 unspecified atom stereocenters. The Balaban J connectivity index is 1.28. The van der Waals surface area contributed by atoms with E-state index in [2.05, 4.69) is 6.92 Å². The monoisotopic (exact) mass is 456 g/mol. The first-order chi connectivity index (χ1) is 15.6. The van der Waals surface area contributed by atoms with Gasteiger partial charge in [0.15, 0.2) is 5.78 Å². The summed E-state index contributed by atoms with van der Waals surface area (Å²) < 4.78 is 11.9. The van der Waals surface area contributed by atoms with Gasteiger partial charge in [-0.2, -0.15) is 0 Å². The number of epoxide rings is 1. The smallest absolute Gasteiger partial charge is 0.334 e. The van der Waals surface area contributed by atoms with Gasteiger partial charge in [0.1, 0.15) is 17.8 Å². The number of ether oxygens (including phenoxy) is 2. The van der Waals surface area contributed by atoms with Gasteiger partial charge in [-0.3, -0.25) is 4.79 Å². The SMILES string of the molecule is CC1=C(C)C(=O)O[C@@H]([C@H](O)[C@H]2CC[C@H]3[C@@H]4C[C@H]5O[C@]56[C@@H](O)C=CC(=O)[C@]6(C)[C@H]4CC[C@]23C)C1. The summed E-state index contributed by atoms with van der Waals surface area (Å²) in [6, 6.07) is 0. The summed E-state index contributed by atoms with van der Waals surface area (Å²) in [6.45, 7) is 8.08. The maximum Gasteiger partial charge on any atom is 0.334 e. The first-order valence-corrected chi connectivity index (χ1v) is 12.7. The molecule has 2 aliphatic heterocycles. The van der Waals surface area contributed by atoms with Crippen LogP contribution in [-0.2, 0) is 19.1 Å². The standard InChI is InChI=1S/C27H36O6/c1-13-11-19(32-24(31)14(13)2)23(30)18-6-5-16-15-12-22-27(33-22)21(29)8-7-20(28)26(27,4)17(15)9-10-25(16,18)3/h7-8,15-19,21-23,29-30H,5-6,9-12H2,1-4H3/t15-,16-,17-,18+,19+,21-,22+,23+,25-,26-,27+/m0/s1. The molecule has 6 aliphatic rings. The van der Waals surface area contributed by atoms with Gasteiger partial charge in [-0.1, -0.05) is 12.5 Å². The molecule has 4 fully saturated rings. The third kappa shape index (κ3) is 2.55. The number of aliphatic hydroxyl groups is 2. The minimum absolute atomic E-state index is 0.0610. The molecule has 6 nitrogen and oxygen atoms in total. The van der Waals surface area contributed by atoms with Crippen molar-refractivity contribution >= 4 is 11.8 Å². The molecular weight excluding hydrogens is 420 g/mol. The zero-order valence-electron chi connectivity index (χ0n) is 20.0. The number of esters is 1. The Kier molecular flexibility index (Phi) is 4.53. The molecule has 1 spiro atoms. The van der Waals surface area contributed by atoms with Crippen molar-refractivity contribution in [2.45, 2.75) is 96.2 Å². The van der Waals surface area contributed by atoms with E-state index in [1.165, 1.54) is 0 Å². The molecule has 33 heavy (non-hydrogen) atoms. The molecule has 4 aliphatic carbocycles. The zero-order valence-corrected chi connectivity index (χ0v) is 20.0. The Morgan fingerprint density at radius 3 is 2.61 bits per heavy atom. The molecule has 0 amide bonds. The van der Waals surface area contributed by atoms with Crippen molar-refractivity contribution in [1.29, 1.82) is 0 Å². The van der Waals surface area contributed by atoms with Gasteiger partial charge in [-0.15, -0.1) is 0 Å². The quantitative estimate of drug-likeness (QED) is 0.490. The van der Waals surface area contributed by atoms with Crippen molar-refractivity contribution in [1.82, 2.24) is 0 Å². The average Bonchev–Trinajstić information content (AvgIpc) is 3.41. The van der Waals surface area contributed by atoms with E-state index in [0.717, 1.165) is 37.7 Å². The van der Waals surface area contributed by atoms with E-state index in [9.17, 15) is 19.8 Å². The van der Waals surface area contributed by atoms with E-state index in [1.54, 1.807) is 19.1 Å². The molecular formula is C27H36O6. The van der Waals surface area contributed by atoms with E-state index in [0.29, 0.717) is 23.8 Å². The Labute approximate surface area is 195 Å². The topological polar surface area (TPSA) is 96.4 Å². The predicted octanol–water partition coefficient (Wildman–Crippen LogP) is 3.11. The second kappa shape index (κ2) is 6.79. The maximum atomic E-state index is 13.3. The molecule has 0 radical (unpaired) electrons. The Hall–Kier alpha value is -1.50. The van der Waals surface area contributed by atoms with Crippen LogP contribution in [0.4, 0.5) is 0 Å². The molecule has 2 N–H and O–H groups in total. The van der Waals surface area contributed by atoms with Gasteiger partial charge in [0.05, 0.1) is 17.6 Å². The van der Waals surface area contributed by atoms with Crippen molar-refractivity contribution in [3.05, 3.63) is 23.3 Å². The molecule has 6 heteroatoms. The Morgan fingerprint density at radius 2 is 1.88 bits per heavy atom. The summed E-state index contributed by atoms with van der Waals surface area (Å²) >= 11 is 0. The number of cyclic esters (lactones) is 1. The van der Waals surface area contributed by atoms with Crippen molar-refractivity contribution < 1.29 is 29.3 Å². The highest BCUT2D eigenvalue weighted by molar-refractivity contribution is 5.98. The Morgan fingerprint density at radius 1 is 1.12 bits per heavy atom. The van der Waals surface area contributed by atoms with Crippen LogP contribution in [0.1, 0.15) is 66.2 Å². The largest absolute Gasteiger partial charge is 0.456 e. The summed E-state index contributed by atoms with van der Waals surface area (Å²) in [6.07, 6.45) is 6.43. The molecule has 0 aromatic carbocycles. The van der Waals surface area contributed by atoms with Crippen LogP contribution in [0, 0.1) is 34.5 Å². The van der Waals surface area contributed by atoms with Crippen molar-refractivity contribution in [2.24, 2.45) is 34.5 Å². The second-order valence-electron chi connectivity index (χ2n) is 12.2. The lowest BCUT2D eigenvalue weighted by atomic mass is 9.44. The Bertz CT molecular complexity index is 983. The molecule has 6 rings (SSSR count). The number of carbonyl (C=O) groups is 2. The molecule has 3 saturated carbocycles. The number of fused-ring (bicyclic) bond motifs is 4. The summed E-state index contributed by atoms with van der Waals surface area (Å²) in [7, 11) is 0. The molecule has 11 atom stereocenters. The van der Waals surface area contributed by atoms with E-state index in [1.807, 2.05) is 13.8 Å². The first kappa shape index (κ1) is 22.0. The van der Waals surface area contributed by atoms with Crippen LogP contribution in [-0.4, -0.2) is 52.0 Å². The lowest BCUT2D eigenvalue weighted by Gasteiger charge is -2.58. The van der Waals surface area contributed by atoms with Crippen LogP contribution in [0.2, 0.25) is 0 Å². The highest BCUT2D eigenvalue weighted by Gasteiger charge is 2.80. The summed E-state index contributed by atoms with van der Waals surface area (Å²) in [5, 5.41) is 22.2. The van der Waals surface area contributed by atoms with E-state index < -0.39 is 29.3 Å². The number of rotatable bonds is 2. The maximum absolute atomic E-state index is 13.3. The molecule has 2 heterocycles. The zero-order chi connectivity index (χ0) is 23.5. The van der Waals surface area contributed by atoms with Crippen LogP contribution in [0.15, 0.2) is 23.3 Å². The van der Waals surface area contributed by atoms with E-state index >= 15 is 0 Å². The van der Waals surface area contributed by atoms with Crippen LogP contribution in [0.25, 0.3) is 0 Å². The van der Waals surface area contributed by atoms with Crippen LogP contribution < -0.4 is 0 Å². The van der Waals surface area contributed by atoms with E-state index in [-0.39, 0.29) is 35.1 Å². The number of hydrogen-bond acceptors (Lipinski definition) is 6. The lowest BCUT2D eigenvalue weighted by molar-refractivity contribution is -0.162. The average molecular weight is 457 g/mol. The van der Waals surface area contributed by atoms with Gasteiger partial charge >= 0.3 is 5.97 Å². The molecule has 0 bridgehead atoms.